The van der Waals surface area contributed by atoms with Crippen LogP contribution >= 0.6 is 11.6 Å². The summed E-state index contributed by atoms with van der Waals surface area (Å²) in [5, 5.41) is 16.3. The van der Waals surface area contributed by atoms with E-state index in [9.17, 15) is 0 Å². The van der Waals surface area contributed by atoms with Crippen LogP contribution in [0.1, 0.15) is 16.7 Å². The summed E-state index contributed by atoms with van der Waals surface area (Å²) < 4.78 is 1.76. The average Bonchev–Trinajstić information content (AvgIpc) is 2.76. The van der Waals surface area contributed by atoms with E-state index in [4.69, 9.17) is 22.5 Å². The number of rotatable bonds is 3. The molecule has 1 aromatic heterocycles. The highest BCUT2D eigenvalue weighted by atomic mass is 35.5. The Morgan fingerprint density at radius 2 is 2.33 bits per heavy atom. The number of hydrogen-bond donors (Lipinski definition) is 2. The molecule has 0 aliphatic heterocycles. The van der Waals surface area contributed by atoms with E-state index in [1.165, 1.54) is 0 Å². The van der Waals surface area contributed by atoms with Gasteiger partial charge < -0.3 is 10.9 Å². The van der Waals surface area contributed by atoms with Crippen LogP contribution in [0.4, 0.5) is 0 Å². The second-order valence-electron chi connectivity index (χ2n) is 3.98. The van der Waals surface area contributed by atoms with Crippen molar-refractivity contribution < 1.29 is 5.21 Å². The molecule has 94 valence electrons. The molecule has 0 saturated heterocycles. The number of aromatic nitrogens is 2. The van der Waals surface area contributed by atoms with Crippen molar-refractivity contribution in [2.24, 2.45) is 10.9 Å². The molecule has 0 amide bonds. The van der Waals surface area contributed by atoms with Gasteiger partial charge in [0.15, 0.2) is 5.84 Å². The molecule has 0 aliphatic rings. The monoisotopic (exact) mass is 264 g/mol. The molecule has 6 heteroatoms. The fraction of sp³-hybridized carbons (Fsp3) is 0.167. The number of benzene rings is 1. The molecule has 0 atom stereocenters. The minimum absolute atomic E-state index is 0.104. The van der Waals surface area contributed by atoms with E-state index in [0.29, 0.717) is 17.1 Å². The van der Waals surface area contributed by atoms with E-state index in [1.54, 1.807) is 17.1 Å². The summed E-state index contributed by atoms with van der Waals surface area (Å²) in [6.07, 6.45) is 3.36. The van der Waals surface area contributed by atoms with E-state index in [1.807, 2.05) is 25.1 Å². The molecule has 1 heterocycles. The second kappa shape index (κ2) is 5.10. The quantitative estimate of drug-likeness (QED) is 0.385. The van der Waals surface area contributed by atoms with E-state index in [2.05, 4.69) is 10.3 Å². The molecule has 0 radical (unpaired) electrons. The van der Waals surface area contributed by atoms with Gasteiger partial charge in [-0.05, 0) is 24.1 Å². The number of halogens is 1. The van der Waals surface area contributed by atoms with E-state index in [0.717, 1.165) is 11.1 Å². The van der Waals surface area contributed by atoms with E-state index in [-0.39, 0.29) is 5.84 Å². The van der Waals surface area contributed by atoms with Gasteiger partial charge in [0, 0.05) is 11.8 Å². The topological polar surface area (TPSA) is 76.4 Å². The zero-order chi connectivity index (χ0) is 13.1. The van der Waals surface area contributed by atoms with Gasteiger partial charge in [-0.3, -0.25) is 4.68 Å². The van der Waals surface area contributed by atoms with Gasteiger partial charge >= 0.3 is 0 Å². The minimum atomic E-state index is 0.104. The number of oxime groups is 1. The predicted octanol–water partition coefficient (Wildman–Crippen LogP) is 1.99. The van der Waals surface area contributed by atoms with Crippen molar-refractivity contribution in [3.05, 3.63) is 52.3 Å². The van der Waals surface area contributed by atoms with Crippen LogP contribution < -0.4 is 5.73 Å². The second-order valence-corrected chi connectivity index (χ2v) is 4.42. The van der Waals surface area contributed by atoms with Gasteiger partial charge in [0.25, 0.3) is 0 Å². The lowest BCUT2D eigenvalue weighted by molar-refractivity contribution is 0.318. The Kier molecular flexibility index (Phi) is 3.53. The largest absolute Gasteiger partial charge is 0.409 e. The average molecular weight is 265 g/mol. The van der Waals surface area contributed by atoms with Crippen molar-refractivity contribution in [2.75, 3.05) is 0 Å². The third-order valence-electron chi connectivity index (χ3n) is 2.68. The third kappa shape index (κ3) is 2.62. The molecular weight excluding hydrogens is 252 g/mol. The summed E-state index contributed by atoms with van der Waals surface area (Å²) in [7, 11) is 0. The molecule has 3 N–H and O–H groups in total. The molecule has 2 aromatic rings. The first-order chi connectivity index (χ1) is 8.60. The Morgan fingerprint density at radius 3 is 2.89 bits per heavy atom. The number of aryl methyl sites for hydroxylation is 1. The third-order valence-corrected chi connectivity index (χ3v) is 2.88. The van der Waals surface area contributed by atoms with Crippen molar-refractivity contribution in [1.29, 1.82) is 0 Å². The molecule has 5 nitrogen and oxygen atoms in total. The maximum atomic E-state index is 8.62. The van der Waals surface area contributed by atoms with Gasteiger partial charge in [-0.15, -0.1) is 0 Å². The van der Waals surface area contributed by atoms with Crippen LogP contribution in [0, 0.1) is 6.92 Å². The molecular formula is C12H13ClN4O. The lowest BCUT2D eigenvalue weighted by Crippen LogP contribution is -2.13. The molecule has 0 unspecified atom stereocenters. The van der Waals surface area contributed by atoms with E-state index >= 15 is 0 Å². The Balaban J connectivity index is 2.25. The molecule has 0 fully saturated rings. The van der Waals surface area contributed by atoms with Crippen LogP contribution in [-0.2, 0) is 6.54 Å². The molecule has 0 aliphatic carbocycles. The summed E-state index contributed by atoms with van der Waals surface area (Å²) in [4.78, 5) is 0. The van der Waals surface area contributed by atoms with Gasteiger partial charge in [-0.2, -0.15) is 5.10 Å². The van der Waals surface area contributed by atoms with E-state index < -0.39 is 0 Å². The predicted molar refractivity (Wildman–Crippen MR) is 70.0 cm³/mol. The summed E-state index contributed by atoms with van der Waals surface area (Å²) in [5.74, 6) is 0.104. The Morgan fingerprint density at radius 1 is 1.56 bits per heavy atom. The smallest absolute Gasteiger partial charge is 0.170 e. The number of hydrogen-bond acceptors (Lipinski definition) is 3. The summed E-state index contributed by atoms with van der Waals surface area (Å²) in [5.41, 5.74) is 8.37. The fourth-order valence-corrected chi connectivity index (χ4v) is 1.85. The Bertz CT molecular complexity index is 592. The Hall–Kier alpha value is -2.01. The summed E-state index contributed by atoms with van der Waals surface area (Å²) in [6, 6.07) is 5.61. The lowest BCUT2D eigenvalue weighted by Gasteiger charge is -2.08. The molecule has 2 rings (SSSR count). The highest BCUT2D eigenvalue weighted by Gasteiger charge is 2.05. The van der Waals surface area contributed by atoms with Crippen LogP contribution in [0.5, 0.6) is 0 Å². The van der Waals surface area contributed by atoms with Gasteiger partial charge in [0.05, 0.1) is 17.8 Å². The van der Waals surface area contributed by atoms with Crippen molar-refractivity contribution in [3.63, 3.8) is 0 Å². The number of nitrogens with two attached hydrogens (primary N) is 1. The summed E-state index contributed by atoms with van der Waals surface area (Å²) in [6.45, 7) is 2.60. The van der Waals surface area contributed by atoms with Crippen LogP contribution in [-0.4, -0.2) is 20.8 Å². The van der Waals surface area contributed by atoms with Crippen LogP contribution in [0.25, 0.3) is 0 Å². The zero-order valence-corrected chi connectivity index (χ0v) is 10.6. The first-order valence-corrected chi connectivity index (χ1v) is 5.73. The van der Waals surface area contributed by atoms with Crippen molar-refractivity contribution in [1.82, 2.24) is 9.78 Å². The highest BCUT2D eigenvalue weighted by molar-refractivity contribution is 6.30. The highest BCUT2D eigenvalue weighted by Crippen LogP contribution is 2.14. The number of amidine groups is 1. The molecule has 0 bridgehead atoms. The van der Waals surface area contributed by atoms with Crippen molar-refractivity contribution >= 4 is 17.4 Å². The first kappa shape index (κ1) is 12.4. The van der Waals surface area contributed by atoms with Gasteiger partial charge in [-0.25, -0.2) is 0 Å². The minimum Gasteiger partial charge on any atom is -0.409 e. The van der Waals surface area contributed by atoms with Crippen LogP contribution in [0.15, 0.2) is 35.7 Å². The molecule has 18 heavy (non-hydrogen) atoms. The van der Waals surface area contributed by atoms with Crippen LogP contribution in [0.2, 0.25) is 5.02 Å². The van der Waals surface area contributed by atoms with Crippen molar-refractivity contribution in [2.45, 2.75) is 13.5 Å². The molecule has 1 aromatic carbocycles. The summed E-state index contributed by atoms with van der Waals surface area (Å²) >= 11 is 5.81. The van der Waals surface area contributed by atoms with Gasteiger partial charge in [0.2, 0.25) is 0 Å². The SMILES string of the molecule is Cc1cc(/C(N)=N/O)ccc1Cn1cc(Cl)cn1. The maximum absolute atomic E-state index is 8.62. The Labute approximate surface area is 109 Å². The first-order valence-electron chi connectivity index (χ1n) is 5.35. The standard InChI is InChI=1S/C12H13ClN4O/c1-8-4-9(12(14)16-18)2-3-10(8)6-17-7-11(13)5-15-17/h2-5,7,18H,6H2,1H3,(H2,14,16). The molecule has 0 saturated carbocycles. The van der Waals surface area contributed by atoms with Gasteiger partial charge in [0.1, 0.15) is 0 Å². The fourth-order valence-electron chi connectivity index (χ4n) is 1.69. The van der Waals surface area contributed by atoms with Crippen LogP contribution in [0.3, 0.4) is 0 Å². The molecule has 0 spiro atoms. The van der Waals surface area contributed by atoms with Crippen molar-refractivity contribution in [3.8, 4) is 0 Å². The zero-order valence-electron chi connectivity index (χ0n) is 9.84. The number of nitrogens with zero attached hydrogens (tertiary/aromatic N) is 3. The van der Waals surface area contributed by atoms with Gasteiger partial charge in [-0.1, -0.05) is 28.9 Å². The lowest BCUT2D eigenvalue weighted by atomic mass is 10.0. The maximum Gasteiger partial charge on any atom is 0.170 e. The normalized spacial score (nSPS) is 11.8.